The van der Waals surface area contributed by atoms with Gasteiger partial charge in [0.15, 0.2) is 0 Å². The third kappa shape index (κ3) is 6.96. The van der Waals surface area contributed by atoms with Crippen molar-refractivity contribution in [3.8, 4) is 0 Å². The second-order valence-corrected chi connectivity index (χ2v) is 6.67. The number of carbonyl (C=O) groups is 2. The highest BCUT2D eigenvalue weighted by atomic mass is 16.2. The summed E-state index contributed by atoms with van der Waals surface area (Å²) in [6.45, 7) is 8.00. The van der Waals surface area contributed by atoms with Crippen molar-refractivity contribution in [1.29, 1.82) is 0 Å². The summed E-state index contributed by atoms with van der Waals surface area (Å²) in [5.41, 5.74) is 0. The Morgan fingerprint density at radius 2 is 1.43 bits per heavy atom. The van der Waals surface area contributed by atoms with Gasteiger partial charge in [-0.3, -0.25) is 9.59 Å². The normalized spacial score (nSPS) is 22.1. The van der Waals surface area contributed by atoms with Crippen molar-refractivity contribution in [3.63, 3.8) is 0 Å². The lowest BCUT2D eigenvalue weighted by Gasteiger charge is -2.27. The number of unbranched alkanes of at least 4 members (excludes halogenated alkanes) is 1. The first-order valence-corrected chi connectivity index (χ1v) is 8.60. The van der Waals surface area contributed by atoms with E-state index < -0.39 is 0 Å². The molecule has 2 amide bonds. The largest absolute Gasteiger partial charge is 0.356 e. The minimum atomic E-state index is 0.108. The standard InChI is InChI=1S/C17H32N2O2/c1-4-5-11-18-16(20)14-6-8-15(9-7-14)17(21)19-12-10-13(2)3/h13-15H,4-12H2,1-3H3,(H,18,20)(H,19,21). The lowest BCUT2D eigenvalue weighted by molar-refractivity contribution is -0.130. The van der Waals surface area contributed by atoms with Crippen molar-refractivity contribution < 1.29 is 9.59 Å². The molecule has 0 unspecified atom stereocenters. The molecule has 0 aromatic rings. The van der Waals surface area contributed by atoms with Gasteiger partial charge in [0.1, 0.15) is 0 Å². The van der Waals surface area contributed by atoms with Crippen LogP contribution in [-0.4, -0.2) is 24.9 Å². The Balaban J connectivity index is 2.21. The molecule has 0 spiro atoms. The molecule has 4 nitrogen and oxygen atoms in total. The number of hydrogen-bond donors (Lipinski definition) is 2. The van der Waals surface area contributed by atoms with Crippen molar-refractivity contribution in [2.75, 3.05) is 13.1 Å². The van der Waals surface area contributed by atoms with E-state index in [1.165, 1.54) is 0 Å². The van der Waals surface area contributed by atoms with Crippen molar-refractivity contribution in [2.24, 2.45) is 17.8 Å². The van der Waals surface area contributed by atoms with Gasteiger partial charge in [0.25, 0.3) is 0 Å². The third-order valence-corrected chi connectivity index (χ3v) is 4.32. The quantitative estimate of drug-likeness (QED) is 0.677. The summed E-state index contributed by atoms with van der Waals surface area (Å²) < 4.78 is 0. The number of amides is 2. The highest BCUT2D eigenvalue weighted by Crippen LogP contribution is 2.29. The molecule has 0 bridgehead atoms. The van der Waals surface area contributed by atoms with Crippen LogP contribution in [0, 0.1) is 17.8 Å². The second kappa shape index (κ2) is 9.80. The molecular formula is C17H32N2O2. The predicted octanol–water partition coefficient (Wildman–Crippen LogP) is 2.87. The maximum atomic E-state index is 12.1. The zero-order valence-electron chi connectivity index (χ0n) is 13.9. The topological polar surface area (TPSA) is 58.2 Å². The number of nitrogens with one attached hydrogen (secondary N) is 2. The van der Waals surface area contributed by atoms with Crippen molar-refractivity contribution in [3.05, 3.63) is 0 Å². The van der Waals surface area contributed by atoms with Crippen LogP contribution in [0.5, 0.6) is 0 Å². The van der Waals surface area contributed by atoms with Gasteiger partial charge in [0.2, 0.25) is 11.8 Å². The van der Waals surface area contributed by atoms with Crippen LogP contribution in [-0.2, 0) is 9.59 Å². The summed E-state index contributed by atoms with van der Waals surface area (Å²) in [5, 5.41) is 6.03. The second-order valence-electron chi connectivity index (χ2n) is 6.67. The molecule has 1 aliphatic carbocycles. The highest BCUT2D eigenvalue weighted by molar-refractivity contribution is 5.81. The molecule has 0 aliphatic heterocycles. The molecule has 0 radical (unpaired) electrons. The first-order chi connectivity index (χ1) is 10.0. The fourth-order valence-electron chi connectivity index (χ4n) is 2.78. The van der Waals surface area contributed by atoms with E-state index >= 15 is 0 Å². The molecule has 0 saturated heterocycles. The van der Waals surface area contributed by atoms with Gasteiger partial charge >= 0.3 is 0 Å². The van der Waals surface area contributed by atoms with Gasteiger partial charge in [-0.25, -0.2) is 0 Å². The SMILES string of the molecule is CCCCNC(=O)C1CCC(C(=O)NCCC(C)C)CC1. The lowest BCUT2D eigenvalue weighted by Crippen LogP contribution is -2.38. The van der Waals surface area contributed by atoms with Gasteiger partial charge in [0, 0.05) is 24.9 Å². The first-order valence-electron chi connectivity index (χ1n) is 8.60. The molecule has 0 atom stereocenters. The van der Waals surface area contributed by atoms with Crippen LogP contribution in [0.15, 0.2) is 0 Å². The summed E-state index contributed by atoms with van der Waals surface area (Å²) in [6, 6.07) is 0. The Labute approximate surface area is 129 Å². The van der Waals surface area contributed by atoms with Gasteiger partial charge in [-0.2, -0.15) is 0 Å². The lowest BCUT2D eigenvalue weighted by atomic mass is 9.81. The molecule has 2 N–H and O–H groups in total. The Hall–Kier alpha value is -1.06. The van der Waals surface area contributed by atoms with Crippen molar-refractivity contribution >= 4 is 11.8 Å². The first kappa shape index (κ1) is 18.0. The van der Waals surface area contributed by atoms with Crippen LogP contribution in [0.2, 0.25) is 0 Å². The van der Waals surface area contributed by atoms with Crippen LogP contribution in [0.1, 0.15) is 65.7 Å². The number of hydrogen-bond acceptors (Lipinski definition) is 2. The minimum Gasteiger partial charge on any atom is -0.356 e. The molecule has 21 heavy (non-hydrogen) atoms. The van der Waals surface area contributed by atoms with Crippen molar-refractivity contribution in [2.45, 2.75) is 65.7 Å². The van der Waals surface area contributed by atoms with Crippen LogP contribution >= 0.6 is 0 Å². The zero-order chi connectivity index (χ0) is 15.7. The Morgan fingerprint density at radius 3 is 1.86 bits per heavy atom. The van der Waals surface area contributed by atoms with Crippen LogP contribution < -0.4 is 10.6 Å². The molecule has 0 heterocycles. The third-order valence-electron chi connectivity index (χ3n) is 4.32. The monoisotopic (exact) mass is 296 g/mol. The number of carbonyl (C=O) groups excluding carboxylic acids is 2. The Kier molecular flexibility index (Phi) is 8.40. The molecule has 1 rings (SSSR count). The average molecular weight is 296 g/mol. The maximum Gasteiger partial charge on any atom is 0.223 e. The van der Waals surface area contributed by atoms with E-state index in [9.17, 15) is 9.59 Å². The van der Waals surface area contributed by atoms with E-state index in [2.05, 4.69) is 31.4 Å². The summed E-state index contributed by atoms with van der Waals surface area (Å²) in [4.78, 5) is 24.0. The smallest absolute Gasteiger partial charge is 0.223 e. The average Bonchev–Trinajstić information content (AvgIpc) is 2.47. The van der Waals surface area contributed by atoms with Gasteiger partial charge < -0.3 is 10.6 Å². The fraction of sp³-hybridized carbons (Fsp3) is 0.882. The molecule has 4 heteroatoms. The predicted molar refractivity (Wildman–Crippen MR) is 85.8 cm³/mol. The molecule has 0 aromatic carbocycles. The summed E-state index contributed by atoms with van der Waals surface area (Å²) in [7, 11) is 0. The molecule has 1 saturated carbocycles. The molecule has 1 aliphatic rings. The summed E-state index contributed by atoms with van der Waals surface area (Å²) in [6.07, 6.45) is 6.56. The summed E-state index contributed by atoms with van der Waals surface area (Å²) in [5.74, 6) is 1.20. The van der Waals surface area contributed by atoms with E-state index in [4.69, 9.17) is 0 Å². The maximum absolute atomic E-state index is 12.1. The van der Waals surface area contributed by atoms with Crippen LogP contribution in [0.3, 0.4) is 0 Å². The highest BCUT2D eigenvalue weighted by Gasteiger charge is 2.29. The molecule has 122 valence electrons. The van der Waals surface area contributed by atoms with Gasteiger partial charge in [-0.15, -0.1) is 0 Å². The van der Waals surface area contributed by atoms with E-state index in [1.807, 2.05) is 0 Å². The Bertz CT molecular complexity index is 321. The van der Waals surface area contributed by atoms with E-state index in [0.29, 0.717) is 5.92 Å². The Morgan fingerprint density at radius 1 is 0.952 bits per heavy atom. The molecule has 0 aromatic heterocycles. The van der Waals surface area contributed by atoms with Crippen molar-refractivity contribution in [1.82, 2.24) is 10.6 Å². The molecular weight excluding hydrogens is 264 g/mol. The minimum absolute atomic E-state index is 0.108. The van der Waals surface area contributed by atoms with Gasteiger partial charge in [-0.1, -0.05) is 27.2 Å². The molecule has 1 fully saturated rings. The van der Waals surface area contributed by atoms with E-state index in [-0.39, 0.29) is 23.7 Å². The van der Waals surface area contributed by atoms with Gasteiger partial charge in [-0.05, 0) is 44.4 Å². The number of rotatable bonds is 8. The fourth-order valence-corrected chi connectivity index (χ4v) is 2.78. The van der Waals surface area contributed by atoms with Crippen LogP contribution in [0.4, 0.5) is 0 Å². The van der Waals surface area contributed by atoms with E-state index in [0.717, 1.165) is 58.0 Å². The summed E-state index contributed by atoms with van der Waals surface area (Å²) >= 11 is 0. The van der Waals surface area contributed by atoms with Crippen LogP contribution in [0.25, 0.3) is 0 Å². The van der Waals surface area contributed by atoms with E-state index in [1.54, 1.807) is 0 Å². The zero-order valence-corrected chi connectivity index (χ0v) is 13.9. The van der Waals surface area contributed by atoms with Gasteiger partial charge in [0.05, 0.1) is 0 Å².